The Kier molecular flexibility index (Phi) is 3.11. The second-order valence-corrected chi connectivity index (χ2v) is 4.24. The molecule has 1 aliphatic heterocycles. The number of phenols is 2. The fourth-order valence-electron chi connectivity index (χ4n) is 2.13. The van der Waals surface area contributed by atoms with Gasteiger partial charge in [0.25, 0.3) is 0 Å². The van der Waals surface area contributed by atoms with Gasteiger partial charge in [-0.2, -0.15) is 0 Å². The van der Waals surface area contributed by atoms with E-state index < -0.39 is 0 Å². The van der Waals surface area contributed by atoms with Gasteiger partial charge in [-0.25, -0.2) is 0 Å². The normalized spacial score (nSPS) is 21.5. The number of phenolic OH excluding ortho intramolecular Hbond substituents is 2. The van der Waals surface area contributed by atoms with Crippen LogP contribution in [-0.4, -0.2) is 23.3 Å². The van der Waals surface area contributed by atoms with Gasteiger partial charge < -0.3 is 15.5 Å². The summed E-state index contributed by atoms with van der Waals surface area (Å²) in [5.74, 6) is 0.597. The second-order valence-electron chi connectivity index (χ2n) is 4.24. The highest BCUT2D eigenvalue weighted by atomic mass is 16.3. The molecule has 0 amide bonds. The Balaban J connectivity index is 2.00. The van der Waals surface area contributed by atoms with Crippen molar-refractivity contribution in [3.8, 4) is 11.5 Å². The smallest absolute Gasteiger partial charge is 0.157 e. The number of aromatic hydroxyl groups is 2. The third-order valence-corrected chi connectivity index (χ3v) is 2.96. The van der Waals surface area contributed by atoms with Crippen LogP contribution >= 0.6 is 0 Å². The van der Waals surface area contributed by atoms with Gasteiger partial charge in [0.05, 0.1) is 0 Å². The molecule has 0 aliphatic carbocycles. The molecule has 1 atom stereocenters. The van der Waals surface area contributed by atoms with Crippen molar-refractivity contribution in [2.45, 2.75) is 19.3 Å². The molecule has 0 radical (unpaired) electrons. The van der Waals surface area contributed by atoms with Crippen molar-refractivity contribution >= 4 is 0 Å². The maximum absolute atomic E-state index is 9.36. The Morgan fingerprint density at radius 2 is 2.13 bits per heavy atom. The van der Waals surface area contributed by atoms with Gasteiger partial charge in [0.2, 0.25) is 0 Å². The number of benzene rings is 1. The maximum Gasteiger partial charge on any atom is 0.157 e. The zero-order chi connectivity index (χ0) is 10.7. The summed E-state index contributed by atoms with van der Waals surface area (Å²) in [4.78, 5) is 0. The molecule has 3 nitrogen and oxygen atoms in total. The zero-order valence-electron chi connectivity index (χ0n) is 8.74. The Morgan fingerprint density at radius 3 is 2.80 bits per heavy atom. The van der Waals surface area contributed by atoms with E-state index in [1.165, 1.54) is 12.8 Å². The lowest BCUT2D eigenvalue weighted by Crippen LogP contribution is -2.30. The van der Waals surface area contributed by atoms with E-state index in [1.807, 2.05) is 6.07 Å². The highest BCUT2D eigenvalue weighted by Gasteiger charge is 2.13. The minimum Gasteiger partial charge on any atom is -0.504 e. The van der Waals surface area contributed by atoms with E-state index in [4.69, 9.17) is 0 Å². The average molecular weight is 207 g/mol. The molecule has 3 heteroatoms. The first-order valence-corrected chi connectivity index (χ1v) is 5.47. The van der Waals surface area contributed by atoms with E-state index in [-0.39, 0.29) is 11.5 Å². The Hall–Kier alpha value is -1.22. The lowest BCUT2D eigenvalue weighted by Gasteiger charge is -2.22. The lowest BCUT2D eigenvalue weighted by atomic mass is 9.92. The molecule has 1 fully saturated rings. The fraction of sp³-hybridized carbons (Fsp3) is 0.500. The lowest BCUT2D eigenvalue weighted by molar-refractivity contribution is 0.373. The summed E-state index contributed by atoms with van der Waals surface area (Å²) in [7, 11) is 0. The highest BCUT2D eigenvalue weighted by Crippen LogP contribution is 2.26. The SMILES string of the molecule is Oc1ccc(CC2CCCNC2)cc1O. The minimum absolute atomic E-state index is 0.0173. The first kappa shape index (κ1) is 10.3. The quantitative estimate of drug-likeness (QED) is 0.646. The van der Waals surface area contributed by atoms with Gasteiger partial charge in [-0.1, -0.05) is 6.07 Å². The van der Waals surface area contributed by atoms with E-state index in [0.717, 1.165) is 25.1 Å². The number of piperidine rings is 1. The highest BCUT2D eigenvalue weighted by molar-refractivity contribution is 5.40. The predicted octanol–water partition coefficient (Wildman–Crippen LogP) is 1.64. The van der Waals surface area contributed by atoms with Crippen molar-refractivity contribution in [1.29, 1.82) is 0 Å². The van der Waals surface area contributed by atoms with Crippen LogP contribution in [-0.2, 0) is 6.42 Å². The van der Waals surface area contributed by atoms with E-state index in [0.29, 0.717) is 5.92 Å². The molecule has 0 aromatic heterocycles. The second kappa shape index (κ2) is 4.53. The van der Waals surface area contributed by atoms with Crippen LogP contribution in [0.4, 0.5) is 0 Å². The van der Waals surface area contributed by atoms with Gasteiger partial charge in [-0.3, -0.25) is 0 Å². The Morgan fingerprint density at radius 1 is 1.27 bits per heavy atom. The Labute approximate surface area is 89.8 Å². The van der Waals surface area contributed by atoms with Crippen LogP contribution in [0.5, 0.6) is 11.5 Å². The summed E-state index contributed by atoms with van der Waals surface area (Å²) in [6.07, 6.45) is 3.45. The molecule has 2 rings (SSSR count). The van der Waals surface area contributed by atoms with Gasteiger partial charge in [-0.05, 0) is 56.0 Å². The third kappa shape index (κ3) is 2.63. The molecule has 1 unspecified atom stereocenters. The largest absolute Gasteiger partial charge is 0.504 e. The average Bonchev–Trinajstić information content (AvgIpc) is 2.25. The molecular weight excluding hydrogens is 190 g/mol. The van der Waals surface area contributed by atoms with Crippen LogP contribution < -0.4 is 5.32 Å². The molecule has 1 heterocycles. The van der Waals surface area contributed by atoms with Crippen LogP contribution in [0.1, 0.15) is 18.4 Å². The summed E-state index contributed by atoms with van der Waals surface area (Å²) in [6.45, 7) is 2.18. The summed E-state index contributed by atoms with van der Waals surface area (Å²) in [6, 6.07) is 5.09. The minimum atomic E-state index is -0.0412. The monoisotopic (exact) mass is 207 g/mol. The molecule has 82 valence electrons. The van der Waals surface area contributed by atoms with Gasteiger partial charge in [0.15, 0.2) is 11.5 Å². The Bertz CT molecular complexity index is 332. The van der Waals surface area contributed by atoms with Crippen LogP contribution in [0.25, 0.3) is 0 Å². The number of hydrogen-bond donors (Lipinski definition) is 3. The van der Waals surface area contributed by atoms with E-state index in [1.54, 1.807) is 12.1 Å². The van der Waals surface area contributed by atoms with Gasteiger partial charge in [0.1, 0.15) is 0 Å². The fourth-order valence-corrected chi connectivity index (χ4v) is 2.13. The first-order valence-electron chi connectivity index (χ1n) is 5.47. The van der Waals surface area contributed by atoms with Crippen LogP contribution in [0, 0.1) is 5.92 Å². The zero-order valence-corrected chi connectivity index (χ0v) is 8.74. The standard InChI is InChI=1S/C12H17NO2/c14-11-4-3-9(7-12(11)15)6-10-2-1-5-13-8-10/h3-4,7,10,13-15H,1-2,5-6,8H2. The molecule has 15 heavy (non-hydrogen) atoms. The predicted molar refractivity (Wildman–Crippen MR) is 59.1 cm³/mol. The third-order valence-electron chi connectivity index (χ3n) is 2.96. The summed E-state index contributed by atoms with van der Waals surface area (Å²) < 4.78 is 0. The van der Waals surface area contributed by atoms with Crippen molar-refractivity contribution in [3.63, 3.8) is 0 Å². The van der Waals surface area contributed by atoms with Crippen LogP contribution in [0.2, 0.25) is 0 Å². The molecule has 1 aromatic rings. The van der Waals surface area contributed by atoms with Crippen LogP contribution in [0.15, 0.2) is 18.2 Å². The molecule has 0 spiro atoms. The van der Waals surface area contributed by atoms with Gasteiger partial charge >= 0.3 is 0 Å². The summed E-state index contributed by atoms with van der Waals surface area (Å²) >= 11 is 0. The maximum atomic E-state index is 9.36. The van der Waals surface area contributed by atoms with Crippen molar-refractivity contribution < 1.29 is 10.2 Å². The van der Waals surface area contributed by atoms with Crippen molar-refractivity contribution in [1.82, 2.24) is 5.32 Å². The van der Waals surface area contributed by atoms with E-state index in [2.05, 4.69) is 5.32 Å². The number of nitrogens with one attached hydrogen (secondary N) is 1. The van der Waals surface area contributed by atoms with Crippen molar-refractivity contribution in [3.05, 3.63) is 23.8 Å². The first-order chi connectivity index (χ1) is 7.25. The summed E-state index contributed by atoms with van der Waals surface area (Å²) in [5.41, 5.74) is 1.10. The molecule has 3 N–H and O–H groups in total. The topological polar surface area (TPSA) is 52.5 Å². The summed E-state index contributed by atoms with van der Waals surface area (Å²) in [5, 5.41) is 21.9. The van der Waals surface area contributed by atoms with E-state index >= 15 is 0 Å². The number of rotatable bonds is 2. The molecule has 1 aromatic carbocycles. The van der Waals surface area contributed by atoms with Crippen molar-refractivity contribution in [2.75, 3.05) is 13.1 Å². The number of hydrogen-bond acceptors (Lipinski definition) is 3. The van der Waals surface area contributed by atoms with Crippen molar-refractivity contribution in [2.24, 2.45) is 5.92 Å². The van der Waals surface area contributed by atoms with Gasteiger partial charge in [0, 0.05) is 0 Å². The molecule has 0 saturated carbocycles. The molecule has 1 saturated heterocycles. The van der Waals surface area contributed by atoms with E-state index in [9.17, 15) is 10.2 Å². The van der Waals surface area contributed by atoms with Gasteiger partial charge in [-0.15, -0.1) is 0 Å². The van der Waals surface area contributed by atoms with Crippen LogP contribution in [0.3, 0.4) is 0 Å². The molecule has 1 aliphatic rings. The molecular formula is C12H17NO2. The molecule has 0 bridgehead atoms.